The van der Waals surface area contributed by atoms with Crippen molar-refractivity contribution in [3.8, 4) is 0 Å². The Bertz CT molecular complexity index is 646. The van der Waals surface area contributed by atoms with Crippen LogP contribution in [0.4, 0.5) is 4.79 Å². The number of urea groups is 1. The molecule has 0 bridgehead atoms. The van der Waals surface area contributed by atoms with Gasteiger partial charge in [0.05, 0.1) is 0 Å². The number of hydrogen-bond donors (Lipinski definition) is 6. The average molecular weight is 609 g/mol. The van der Waals surface area contributed by atoms with Crippen molar-refractivity contribution in [2.75, 3.05) is 19.6 Å². The number of rotatable bonds is 32. The van der Waals surface area contributed by atoms with Crippen LogP contribution < -0.4 is 27.0 Å². The molecule has 0 radical (unpaired) electrons. The molecule has 3 amide bonds. The van der Waals surface area contributed by atoms with Crippen molar-refractivity contribution in [1.29, 1.82) is 5.41 Å². The summed E-state index contributed by atoms with van der Waals surface area (Å²) in [6.07, 6.45) is 32.0. The average Bonchev–Trinajstić information content (AvgIpc) is 2.99. The Morgan fingerprint density at radius 1 is 0.512 bits per heavy atom. The van der Waals surface area contributed by atoms with Crippen LogP contribution in [0.25, 0.3) is 0 Å². The van der Waals surface area contributed by atoms with E-state index in [2.05, 4.69) is 35.1 Å². The minimum atomic E-state index is -0.590. The molecular formula is C35H72N6O2. The maximum Gasteiger partial charge on any atom is 0.315 e. The summed E-state index contributed by atoms with van der Waals surface area (Å²) >= 11 is 0. The molecule has 0 fully saturated rings. The van der Waals surface area contributed by atoms with Gasteiger partial charge in [-0.3, -0.25) is 10.2 Å². The third-order valence-corrected chi connectivity index (χ3v) is 8.25. The lowest BCUT2D eigenvalue weighted by molar-refractivity contribution is -0.123. The first-order valence-electron chi connectivity index (χ1n) is 18.4. The van der Waals surface area contributed by atoms with Gasteiger partial charge in [0, 0.05) is 19.6 Å². The van der Waals surface area contributed by atoms with Gasteiger partial charge >= 0.3 is 6.03 Å². The van der Waals surface area contributed by atoms with Crippen molar-refractivity contribution in [3.63, 3.8) is 0 Å². The summed E-state index contributed by atoms with van der Waals surface area (Å²) < 4.78 is 0. The zero-order valence-electron chi connectivity index (χ0n) is 28.5. The largest absolute Gasteiger partial charge is 0.370 e. The Morgan fingerprint density at radius 3 is 1.26 bits per heavy atom. The van der Waals surface area contributed by atoms with Gasteiger partial charge in [0.1, 0.15) is 6.04 Å². The van der Waals surface area contributed by atoms with Gasteiger partial charge in [-0.05, 0) is 25.7 Å². The molecule has 0 aromatic carbocycles. The molecule has 0 spiro atoms. The van der Waals surface area contributed by atoms with Crippen LogP contribution in [0.3, 0.4) is 0 Å². The van der Waals surface area contributed by atoms with Crippen LogP contribution in [0, 0.1) is 5.41 Å². The quantitative estimate of drug-likeness (QED) is 0.0260. The Morgan fingerprint density at radius 2 is 0.860 bits per heavy atom. The van der Waals surface area contributed by atoms with Gasteiger partial charge in [-0.2, -0.15) is 0 Å². The summed E-state index contributed by atoms with van der Waals surface area (Å²) in [5.74, 6) is -0.216. The lowest BCUT2D eigenvalue weighted by atomic mass is 10.0. The molecule has 0 saturated heterocycles. The molecular weight excluding hydrogens is 536 g/mol. The molecule has 8 heteroatoms. The minimum absolute atomic E-state index is 0.0826. The van der Waals surface area contributed by atoms with E-state index < -0.39 is 6.04 Å². The van der Waals surface area contributed by atoms with E-state index in [-0.39, 0.29) is 17.9 Å². The van der Waals surface area contributed by atoms with Crippen molar-refractivity contribution >= 4 is 17.9 Å². The third-order valence-electron chi connectivity index (χ3n) is 8.25. The van der Waals surface area contributed by atoms with E-state index in [0.717, 1.165) is 25.7 Å². The van der Waals surface area contributed by atoms with Gasteiger partial charge in [-0.25, -0.2) is 4.79 Å². The highest BCUT2D eigenvalue weighted by atomic mass is 16.2. The summed E-state index contributed by atoms with van der Waals surface area (Å²) in [7, 11) is 0. The van der Waals surface area contributed by atoms with Crippen LogP contribution in [-0.4, -0.2) is 43.6 Å². The standard InChI is InChI=1S/C35H72N6O2/c1-3-5-7-9-11-13-15-16-17-18-20-22-24-26-30-40-35(43)41-32(28-27-31-39-34(36)37)33(42)38-29-25-23-21-19-14-12-10-8-6-4-2/h32H,3-31H2,1-2H3,(H,38,42)(H4,36,37,39)(H2,40,41,43). The van der Waals surface area contributed by atoms with E-state index in [0.29, 0.717) is 32.5 Å². The molecule has 8 nitrogen and oxygen atoms in total. The van der Waals surface area contributed by atoms with Crippen molar-refractivity contribution in [2.45, 2.75) is 187 Å². The minimum Gasteiger partial charge on any atom is -0.370 e. The maximum absolute atomic E-state index is 12.8. The summed E-state index contributed by atoms with van der Waals surface area (Å²) in [4.78, 5) is 25.4. The molecule has 1 unspecified atom stereocenters. The second-order valence-electron chi connectivity index (χ2n) is 12.5. The van der Waals surface area contributed by atoms with Crippen molar-refractivity contribution in [3.05, 3.63) is 0 Å². The van der Waals surface area contributed by atoms with E-state index in [1.807, 2.05) is 0 Å². The summed E-state index contributed by atoms with van der Waals surface area (Å²) in [5.41, 5.74) is 5.36. The van der Waals surface area contributed by atoms with Crippen LogP contribution in [0.15, 0.2) is 0 Å². The molecule has 0 aromatic heterocycles. The number of carbonyl (C=O) groups excluding carboxylic acids is 2. The van der Waals surface area contributed by atoms with E-state index in [1.54, 1.807) is 0 Å². The van der Waals surface area contributed by atoms with Crippen molar-refractivity contribution in [1.82, 2.24) is 21.3 Å². The van der Waals surface area contributed by atoms with Crippen LogP contribution in [0.1, 0.15) is 181 Å². The predicted molar refractivity (Wildman–Crippen MR) is 185 cm³/mol. The molecule has 0 aliphatic rings. The molecule has 0 aliphatic heterocycles. The summed E-state index contributed by atoms with van der Waals surface area (Å²) in [6.45, 7) is 6.29. The fourth-order valence-electron chi connectivity index (χ4n) is 5.48. The number of nitrogens with two attached hydrogens (primary N) is 1. The van der Waals surface area contributed by atoms with Gasteiger partial charge < -0.3 is 27.0 Å². The highest BCUT2D eigenvalue weighted by molar-refractivity contribution is 5.86. The number of carbonyl (C=O) groups is 2. The van der Waals surface area contributed by atoms with Crippen LogP contribution in [0.5, 0.6) is 0 Å². The Hall–Kier alpha value is -1.99. The Kier molecular flexibility index (Phi) is 31.4. The lowest BCUT2D eigenvalue weighted by Gasteiger charge is -2.19. The first-order chi connectivity index (χ1) is 21.0. The smallest absolute Gasteiger partial charge is 0.315 e. The number of guanidine groups is 1. The molecule has 254 valence electrons. The van der Waals surface area contributed by atoms with Gasteiger partial charge in [0.2, 0.25) is 5.91 Å². The Labute approximate surface area is 266 Å². The second kappa shape index (κ2) is 32.9. The topological polar surface area (TPSA) is 132 Å². The number of unbranched alkanes of at least 4 members (excludes halogenated alkanes) is 22. The van der Waals surface area contributed by atoms with Gasteiger partial charge in [-0.15, -0.1) is 0 Å². The monoisotopic (exact) mass is 609 g/mol. The van der Waals surface area contributed by atoms with E-state index in [4.69, 9.17) is 11.1 Å². The van der Waals surface area contributed by atoms with Crippen LogP contribution in [-0.2, 0) is 4.79 Å². The molecule has 0 rings (SSSR count). The molecule has 0 aliphatic carbocycles. The van der Waals surface area contributed by atoms with E-state index in [1.165, 1.54) is 128 Å². The first-order valence-corrected chi connectivity index (χ1v) is 18.4. The lowest BCUT2D eigenvalue weighted by Crippen LogP contribution is -2.50. The zero-order valence-corrected chi connectivity index (χ0v) is 28.5. The molecule has 43 heavy (non-hydrogen) atoms. The SMILES string of the molecule is CCCCCCCCCCCCCCCCNC(=O)NC(CCCNC(=N)N)C(=O)NCCCCCCCCCCCC. The normalized spacial score (nSPS) is 11.7. The summed E-state index contributed by atoms with van der Waals surface area (Å²) in [6, 6.07) is -0.874. The molecule has 0 saturated carbocycles. The van der Waals surface area contributed by atoms with Crippen molar-refractivity contribution in [2.24, 2.45) is 5.73 Å². The Balaban J connectivity index is 3.99. The number of hydrogen-bond acceptors (Lipinski definition) is 3. The van der Waals surface area contributed by atoms with Gasteiger partial charge in [0.25, 0.3) is 0 Å². The predicted octanol–water partition coefficient (Wildman–Crippen LogP) is 8.44. The van der Waals surface area contributed by atoms with E-state index >= 15 is 0 Å². The highest BCUT2D eigenvalue weighted by Gasteiger charge is 2.20. The molecule has 7 N–H and O–H groups in total. The van der Waals surface area contributed by atoms with Gasteiger partial charge in [0.15, 0.2) is 5.96 Å². The zero-order chi connectivity index (χ0) is 31.6. The first kappa shape index (κ1) is 41.0. The molecule has 1 atom stereocenters. The van der Waals surface area contributed by atoms with Crippen LogP contribution >= 0.6 is 0 Å². The van der Waals surface area contributed by atoms with Crippen LogP contribution in [0.2, 0.25) is 0 Å². The fraction of sp³-hybridized carbons (Fsp3) is 0.914. The van der Waals surface area contributed by atoms with Crippen molar-refractivity contribution < 1.29 is 9.59 Å². The summed E-state index contributed by atoms with van der Waals surface area (Å²) in [5, 5.41) is 18.9. The highest BCUT2D eigenvalue weighted by Crippen LogP contribution is 2.13. The molecule has 0 heterocycles. The third kappa shape index (κ3) is 31.2. The number of nitrogens with one attached hydrogen (secondary N) is 5. The van der Waals surface area contributed by atoms with E-state index in [9.17, 15) is 9.59 Å². The second-order valence-corrected chi connectivity index (χ2v) is 12.5. The molecule has 0 aromatic rings. The maximum atomic E-state index is 12.8. The van der Waals surface area contributed by atoms with Gasteiger partial charge in [-0.1, -0.05) is 155 Å². The number of amides is 3. The fourth-order valence-corrected chi connectivity index (χ4v) is 5.48.